The molecule has 60 heavy (non-hydrogen) atoms. The zero-order chi connectivity index (χ0) is 40.2. The summed E-state index contributed by atoms with van der Waals surface area (Å²) in [4.78, 5) is 20.1. The number of para-hydroxylation sites is 3. The number of fused-ring (bicyclic) bond motifs is 12. The fraction of sp³-hybridized carbons (Fsp3) is 0.0370. The van der Waals surface area contributed by atoms with E-state index in [2.05, 4.69) is 142 Å². The molecule has 4 aromatic heterocycles. The summed E-state index contributed by atoms with van der Waals surface area (Å²) in [6, 6.07) is 68.0. The van der Waals surface area contributed by atoms with Crippen LogP contribution >= 0.6 is 0 Å². The molecule has 6 nitrogen and oxygen atoms in total. The highest BCUT2D eigenvalue weighted by molar-refractivity contribution is 6.26. The summed E-state index contributed by atoms with van der Waals surface area (Å²) in [5.74, 6) is 1.92. The minimum Gasteiger partial charge on any atom is -0.309 e. The van der Waals surface area contributed by atoms with Crippen LogP contribution in [0.25, 0.3) is 111 Å². The molecule has 0 fully saturated rings. The van der Waals surface area contributed by atoms with Crippen molar-refractivity contribution < 1.29 is 0 Å². The van der Waals surface area contributed by atoms with Gasteiger partial charge in [-0.2, -0.15) is 0 Å². The van der Waals surface area contributed by atoms with Gasteiger partial charge in [0.1, 0.15) is 5.65 Å². The van der Waals surface area contributed by atoms with E-state index in [-0.39, 0.29) is 0 Å². The molecule has 12 rings (SSSR count). The summed E-state index contributed by atoms with van der Waals surface area (Å²) in [6.45, 7) is 4.00. The lowest BCUT2D eigenvalue weighted by atomic mass is 10.0. The molecule has 8 aromatic carbocycles. The van der Waals surface area contributed by atoms with Crippen LogP contribution in [-0.2, 0) is 0 Å². The molecule has 0 amide bonds. The first kappa shape index (κ1) is 35.2. The van der Waals surface area contributed by atoms with Gasteiger partial charge in [-0.3, -0.25) is 4.40 Å². The van der Waals surface area contributed by atoms with Crippen LogP contribution in [0.1, 0.15) is 13.8 Å². The molecule has 0 bridgehead atoms. The quantitative estimate of drug-likeness (QED) is 0.164. The van der Waals surface area contributed by atoms with Gasteiger partial charge in [0.05, 0.1) is 27.6 Å². The predicted molar refractivity (Wildman–Crippen MR) is 249 cm³/mol. The monoisotopic (exact) mass is 770 g/mol. The Balaban J connectivity index is 0.00000201. The molecule has 0 saturated carbocycles. The molecule has 6 heteroatoms. The highest BCUT2D eigenvalue weighted by Crippen LogP contribution is 2.42. The van der Waals surface area contributed by atoms with Gasteiger partial charge in [-0.1, -0.05) is 166 Å². The van der Waals surface area contributed by atoms with Crippen molar-refractivity contribution in [3.8, 4) is 51.0 Å². The van der Waals surface area contributed by atoms with Crippen LogP contribution < -0.4 is 0 Å². The Bertz CT molecular complexity index is 3510. The van der Waals surface area contributed by atoms with Crippen molar-refractivity contribution in [2.75, 3.05) is 0 Å². The average molecular weight is 771 g/mol. The summed E-state index contributed by atoms with van der Waals surface area (Å²) in [6.07, 6.45) is 0. The van der Waals surface area contributed by atoms with E-state index in [0.717, 1.165) is 66.6 Å². The van der Waals surface area contributed by atoms with E-state index in [9.17, 15) is 0 Å². The molecular formula is C54H38N6. The summed E-state index contributed by atoms with van der Waals surface area (Å²) in [5, 5.41) is 5.96. The first-order valence-electron chi connectivity index (χ1n) is 20.5. The summed E-state index contributed by atoms with van der Waals surface area (Å²) >= 11 is 0. The Kier molecular flexibility index (Phi) is 8.48. The van der Waals surface area contributed by atoms with Crippen LogP contribution in [0, 0.1) is 0 Å². The molecule has 0 aliphatic heterocycles. The lowest BCUT2D eigenvalue weighted by Crippen LogP contribution is -2.00. The maximum absolute atomic E-state index is 5.20. The Morgan fingerprint density at radius 2 is 0.883 bits per heavy atom. The molecule has 0 spiro atoms. The van der Waals surface area contributed by atoms with Crippen LogP contribution in [0.4, 0.5) is 0 Å². The fourth-order valence-electron chi connectivity index (χ4n) is 8.72. The second-order valence-electron chi connectivity index (χ2n) is 14.7. The predicted octanol–water partition coefficient (Wildman–Crippen LogP) is 13.8. The van der Waals surface area contributed by atoms with Crippen LogP contribution in [-0.4, -0.2) is 28.9 Å². The topological polar surface area (TPSA) is 60.9 Å². The first-order valence-corrected chi connectivity index (χ1v) is 20.5. The molecule has 0 N–H and O–H groups in total. The molecule has 284 valence electrons. The minimum atomic E-state index is 0.630. The molecular weight excluding hydrogens is 733 g/mol. The fourth-order valence-corrected chi connectivity index (χ4v) is 8.72. The molecule has 0 aliphatic carbocycles. The number of rotatable bonds is 5. The molecule has 12 aromatic rings. The van der Waals surface area contributed by atoms with Crippen LogP contribution in [0.5, 0.6) is 0 Å². The number of nitrogens with zero attached hydrogens (tertiary/aromatic N) is 6. The van der Waals surface area contributed by atoms with Crippen molar-refractivity contribution in [3.05, 3.63) is 194 Å². The van der Waals surface area contributed by atoms with E-state index in [4.69, 9.17) is 19.9 Å². The third-order valence-electron chi connectivity index (χ3n) is 11.3. The van der Waals surface area contributed by atoms with Gasteiger partial charge < -0.3 is 4.57 Å². The number of hydrogen-bond donors (Lipinski definition) is 0. The highest BCUT2D eigenvalue weighted by Gasteiger charge is 2.21. The van der Waals surface area contributed by atoms with Gasteiger partial charge in [-0.25, -0.2) is 19.9 Å². The summed E-state index contributed by atoms with van der Waals surface area (Å²) in [7, 11) is 0. The molecule has 4 heterocycles. The van der Waals surface area contributed by atoms with Crippen LogP contribution in [0.2, 0.25) is 0 Å². The van der Waals surface area contributed by atoms with Crippen molar-refractivity contribution in [1.82, 2.24) is 28.9 Å². The maximum Gasteiger partial charge on any atom is 0.164 e. The second-order valence-corrected chi connectivity index (χ2v) is 14.7. The van der Waals surface area contributed by atoms with Crippen molar-refractivity contribution in [2.45, 2.75) is 13.8 Å². The number of aromatic nitrogens is 6. The minimum absolute atomic E-state index is 0.630. The average Bonchev–Trinajstić information content (AvgIpc) is 3.90. The van der Waals surface area contributed by atoms with Crippen molar-refractivity contribution >= 4 is 60.2 Å². The highest BCUT2D eigenvalue weighted by atomic mass is 15.0. The van der Waals surface area contributed by atoms with Crippen LogP contribution in [0.3, 0.4) is 0 Å². The smallest absolute Gasteiger partial charge is 0.164 e. The Morgan fingerprint density at radius 3 is 1.60 bits per heavy atom. The largest absolute Gasteiger partial charge is 0.309 e. The third kappa shape index (κ3) is 5.64. The van der Waals surface area contributed by atoms with Gasteiger partial charge in [0.2, 0.25) is 0 Å². The molecule has 0 unspecified atom stereocenters. The third-order valence-corrected chi connectivity index (χ3v) is 11.3. The standard InChI is InChI=1S/C52H32N6.C2H6/c1-3-15-33(16-4-1)49-54-50(34-17-5-2-6-18-34)56-51(55-49)37-21-13-19-35(31-37)36-20-14-22-38(32-36)57-44-27-11-9-25-42(44)47-46(57)30-29-40-39-23-7-8-24-41(39)52-53-43-26-10-12-28-45(43)58(52)48(40)47;1-2/h1-32H;1-2H3. The normalized spacial score (nSPS) is 11.5. The lowest BCUT2D eigenvalue weighted by Gasteiger charge is -2.13. The zero-order valence-electron chi connectivity index (χ0n) is 33.2. The van der Waals surface area contributed by atoms with Gasteiger partial charge in [0, 0.05) is 43.9 Å². The van der Waals surface area contributed by atoms with Crippen molar-refractivity contribution in [3.63, 3.8) is 0 Å². The van der Waals surface area contributed by atoms with E-state index in [1.807, 2.05) is 74.5 Å². The van der Waals surface area contributed by atoms with E-state index in [1.165, 1.54) is 27.1 Å². The lowest BCUT2D eigenvalue weighted by molar-refractivity contribution is 1.07. The Labute approximate surface area is 346 Å². The van der Waals surface area contributed by atoms with Gasteiger partial charge in [-0.05, 0) is 59.0 Å². The molecule has 0 aliphatic rings. The molecule has 0 radical (unpaired) electrons. The van der Waals surface area contributed by atoms with Gasteiger partial charge in [-0.15, -0.1) is 0 Å². The van der Waals surface area contributed by atoms with Gasteiger partial charge in [0.25, 0.3) is 0 Å². The van der Waals surface area contributed by atoms with Gasteiger partial charge in [0.15, 0.2) is 17.5 Å². The number of pyridine rings is 1. The Morgan fingerprint density at radius 1 is 0.350 bits per heavy atom. The molecule has 0 atom stereocenters. The maximum atomic E-state index is 5.20. The van der Waals surface area contributed by atoms with E-state index >= 15 is 0 Å². The summed E-state index contributed by atoms with van der Waals surface area (Å²) in [5.41, 5.74) is 12.6. The van der Waals surface area contributed by atoms with Crippen LogP contribution in [0.15, 0.2) is 194 Å². The number of hydrogen-bond acceptors (Lipinski definition) is 4. The SMILES string of the molecule is CC.c1ccc(-c2nc(-c3ccccc3)nc(-c3cccc(-c4cccc(-n5c6ccccc6c6c5ccc5c7ccccc7c7nc8ccccc8n7c56)c4)c3)n2)cc1. The number of benzene rings is 8. The first-order chi connectivity index (χ1) is 29.8. The van der Waals surface area contributed by atoms with Gasteiger partial charge >= 0.3 is 0 Å². The van der Waals surface area contributed by atoms with E-state index in [1.54, 1.807) is 0 Å². The number of imidazole rings is 1. The van der Waals surface area contributed by atoms with Crippen molar-refractivity contribution in [1.29, 1.82) is 0 Å². The van der Waals surface area contributed by atoms with E-state index in [0.29, 0.717) is 17.5 Å². The second kappa shape index (κ2) is 14.5. The summed E-state index contributed by atoms with van der Waals surface area (Å²) < 4.78 is 4.78. The molecule has 0 saturated heterocycles. The zero-order valence-corrected chi connectivity index (χ0v) is 33.2. The Hall–Kier alpha value is -7.96. The van der Waals surface area contributed by atoms with Crippen molar-refractivity contribution in [2.24, 2.45) is 0 Å². The van der Waals surface area contributed by atoms with E-state index < -0.39 is 0 Å².